The third kappa shape index (κ3) is 7.81. The van der Waals surface area contributed by atoms with E-state index in [-0.39, 0.29) is 11.8 Å². The minimum Gasteiger partial charge on any atom is -0.480 e. The number of carbonyl (C=O) groups is 4. The average molecular weight is 402 g/mol. The highest BCUT2D eigenvalue weighted by Gasteiger charge is 2.31. The van der Waals surface area contributed by atoms with Crippen molar-refractivity contribution in [3.8, 4) is 0 Å². The van der Waals surface area contributed by atoms with Crippen molar-refractivity contribution >= 4 is 23.7 Å². The number of nitrogens with one attached hydrogen (secondary N) is 3. The SMILES string of the molecule is CC[C@H](C)[C@H](NC(=O)[C@H](C)NC(=O)[C@@H](NC(=O)[C@@H](N)CO)[C@@H](C)CC)C(=O)O. The maximum atomic E-state index is 12.6. The summed E-state index contributed by atoms with van der Waals surface area (Å²) in [6, 6.07) is -4.18. The van der Waals surface area contributed by atoms with Crippen molar-refractivity contribution in [3.05, 3.63) is 0 Å². The van der Waals surface area contributed by atoms with Crippen LogP contribution in [0.25, 0.3) is 0 Å². The summed E-state index contributed by atoms with van der Waals surface area (Å²) in [5, 5.41) is 25.7. The Kier molecular flexibility index (Phi) is 11.3. The van der Waals surface area contributed by atoms with Gasteiger partial charge in [-0.1, -0.05) is 40.5 Å². The third-order valence-electron chi connectivity index (χ3n) is 4.86. The minimum absolute atomic E-state index is 0.253. The summed E-state index contributed by atoms with van der Waals surface area (Å²) < 4.78 is 0. The van der Waals surface area contributed by atoms with Crippen molar-refractivity contribution in [2.24, 2.45) is 17.6 Å². The first-order chi connectivity index (χ1) is 13.0. The fraction of sp³-hybridized carbons (Fsp3) is 0.778. The van der Waals surface area contributed by atoms with Crippen LogP contribution in [0.5, 0.6) is 0 Å². The van der Waals surface area contributed by atoms with Gasteiger partial charge in [0.1, 0.15) is 24.2 Å². The Labute approximate surface area is 165 Å². The van der Waals surface area contributed by atoms with Crippen LogP contribution in [0.1, 0.15) is 47.5 Å². The maximum Gasteiger partial charge on any atom is 0.326 e. The molecule has 3 amide bonds. The van der Waals surface area contributed by atoms with Gasteiger partial charge in [0.25, 0.3) is 0 Å². The van der Waals surface area contributed by atoms with Gasteiger partial charge in [0.05, 0.1) is 6.61 Å². The van der Waals surface area contributed by atoms with Crippen molar-refractivity contribution in [2.45, 2.75) is 71.6 Å². The van der Waals surface area contributed by atoms with E-state index >= 15 is 0 Å². The van der Waals surface area contributed by atoms with Crippen LogP contribution in [0.3, 0.4) is 0 Å². The van der Waals surface area contributed by atoms with E-state index in [1.54, 1.807) is 13.8 Å². The molecule has 0 rings (SSSR count). The fourth-order valence-corrected chi connectivity index (χ4v) is 2.38. The second kappa shape index (κ2) is 12.3. The number of hydrogen-bond donors (Lipinski definition) is 6. The van der Waals surface area contributed by atoms with E-state index in [2.05, 4.69) is 16.0 Å². The summed E-state index contributed by atoms with van der Waals surface area (Å²) in [4.78, 5) is 48.2. The van der Waals surface area contributed by atoms with Crippen molar-refractivity contribution < 1.29 is 29.4 Å². The van der Waals surface area contributed by atoms with Gasteiger partial charge in [-0.2, -0.15) is 0 Å². The molecule has 28 heavy (non-hydrogen) atoms. The summed E-state index contributed by atoms with van der Waals surface area (Å²) in [5.74, 6) is -3.59. The largest absolute Gasteiger partial charge is 0.480 e. The van der Waals surface area contributed by atoms with Crippen LogP contribution in [0.15, 0.2) is 0 Å². The van der Waals surface area contributed by atoms with Crippen molar-refractivity contribution in [1.82, 2.24) is 16.0 Å². The molecule has 0 spiro atoms. The van der Waals surface area contributed by atoms with Gasteiger partial charge in [-0.05, 0) is 18.8 Å². The summed E-state index contributed by atoms with van der Waals surface area (Å²) >= 11 is 0. The molecule has 0 aliphatic carbocycles. The Balaban J connectivity index is 5.11. The van der Waals surface area contributed by atoms with Gasteiger partial charge < -0.3 is 31.9 Å². The van der Waals surface area contributed by atoms with Crippen LogP contribution in [-0.2, 0) is 19.2 Å². The molecule has 10 nitrogen and oxygen atoms in total. The molecule has 0 fully saturated rings. The molecule has 0 unspecified atom stereocenters. The molecule has 0 heterocycles. The molecule has 10 heteroatoms. The van der Waals surface area contributed by atoms with E-state index < -0.39 is 54.5 Å². The lowest BCUT2D eigenvalue weighted by atomic mass is 9.97. The Morgan fingerprint density at radius 1 is 0.821 bits per heavy atom. The van der Waals surface area contributed by atoms with Crippen LogP contribution in [-0.4, -0.2) is 64.7 Å². The van der Waals surface area contributed by atoms with Crippen LogP contribution in [0, 0.1) is 11.8 Å². The van der Waals surface area contributed by atoms with Gasteiger partial charge in [-0.15, -0.1) is 0 Å². The van der Waals surface area contributed by atoms with E-state index in [1.807, 2.05) is 13.8 Å². The van der Waals surface area contributed by atoms with Crippen molar-refractivity contribution in [3.63, 3.8) is 0 Å². The van der Waals surface area contributed by atoms with E-state index in [9.17, 15) is 24.3 Å². The number of amides is 3. The zero-order chi connectivity index (χ0) is 22.0. The van der Waals surface area contributed by atoms with Gasteiger partial charge in [-0.25, -0.2) is 4.79 Å². The number of carboxylic acid groups (broad SMARTS) is 1. The van der Waals surface area contributed by atoms with Crippen molar-refractivity contribution in [2.75, 3.05) is 6.61 Å². The normalized spacial score (nSPS) is 17.4. The third-order valence-corrected chi connectivity index (χ3v) is 4.86. The first kappa shape index (κ1) is 25.8. The lowest BCUT2D eigenvalue weighted by Crippen LogP contribution is -2.58. The highest BCUT2D eigenvalue weighted by molar-refractivity contribution is 5.94. The van der Waals surface area contributed by atoms with E-state index in [0.29, 0.717) is 12.8 Å². The average Bonchev–Trinajstić information content (AvgIpc) is 2.67. The number of nitrogens with two attached hydrogens (primary N) is 1. The number of carboxylic acids is 1. The van der Waals surface area contributed by atoms with E-state index in [0.717, 1.165) is 0 Å². The molecule has 0 saturated carbocycles. The Hall–Kier alpha value is -2.20. The monoisotopic (exact) mass is 402 g/mol. The molecule has 0 radical (unpaired) electrons. The predicted octanol–water partition coefficient (Wildman–Crippen LogP) is -1.04. The number of rotatable bonds is 12. The van der Waals surface area contributed by atoms with Gasteiger partial charge >= 0.3 is 5.97 Å². The summed E-state index contributed by atoms with van der Waals surface area (Å²) in [5.41, 5.74) is 5.47. The quantitative estimate of drug-likeness (QED) is 0.242. The fourth-order valence-electron chi connectivity index (χ4n) is 2.38. The lowest BCUT2D eigenvalue weighted by Gasteiger charge is -2.27. The Morgan fingerprint density at radius 3 is 1.71 bits per heavy atom. The van der Waals surface area contributed by atoms with Crippen LogP contribution in [0.2, 0.25) is 0 Å². The molecule has 0 bridgehead atoms. The minimum atomic E-state index is -1.16. The van der Waals surface area contributed by atoms with Gasteiger partial charge in [0.2, 0.25) is 17.7 Å². The highest BCUT2D eigenvalue weighted by atomic mass is 16.4. The highest BCUT2D eigenvalue weighted by Crippen LogP contribution is 2.10. The lowest BCUT2D eigenvalue weighted by molar-refractivity contribution is -0.143. The zero-order valence-electron chi connectivity index (χ0n) is 17.2. The van der Waals surface area contributed by atoms with Gasteiger partial charge in [0, 0.05) is 0 Å². The molecule has 162 valence electrons. The van der Waals surface area contributed by atoms with Crippen LogP contribution >= 0.6 is 0 Å². The summed E-state index contributed by atoms with van der Waals surface area (Å²) in [6.07, 6.45) is 1.13. The Bertz CT molecular complexity index is 556. The van der Waals surface area contributed by atoms with Gasteiger partial charge in [0.15, 0.2) is 0 Å². The molecule has 0 aromatic carbocycles. The van der Waals surface area contributed by atoms with Crippen LogP contribution in [0.4, 0.5) is 0 Å². The topological polar surface area (TPSA) is 171 Å². The summed E-state index contributed by atoms with van der Waals surface area (Å²) in [7, 11) is 0. The second-order valence-corrected chi connectivity index (χ2v) is 7.10. The molecule has 0 saturated heterocycles. The van der Waals surface area contributed by atoms with E-state index in [1.165, 1.54) is 6.92 Å². The molecular weight excluding hydrogens is 368 g/mol. The molecule has 0 aliphatic rings. The number of carbonyl (C=O) groups excluding carboxylic acids is 3. The zero-order valence-corrected chi connectivity index (χ0v) is 17.2. The molecule has 0 aromatic heterocycles. The molecular formula is C18H34N4O6. The molecule has 0 aliphatic heterocycles. The summed E-state index contributed by atoms with van der Waals surface area (Å²) in [6.45, 7) is 7.98. The second-order valence-electron chi connectivity index (χ2n) is 7.10. The molecule has 0 aromatic rings. The molecule has 7 N–H and O–H groups in total. The molecule has 6 atom stereocenters. The first-order valence-electron chi connectivity index (χ1n) is 9.50. The smallest absolute Gasteiger partial charge is 0.326 e. The number of aliphatic hydroxyl groups excluding tert-OH is 1. The number of aliphatic carboxylic acids is 1. The van der Waals surface area contributed by atoms with Crippen molar-refractivity contribution in [1.29, 1.82) is 0 Å². The predicted molar refractivity (Wildman–Crippen MR) is 103 cm³/mol. The number of hydrogen-bond acceptors (Lipinski definition) is 6. The van der Waals surface area contributed by atoms with Gasteiger partial charge in [-0.3, -0.25) is 14.4 Å². The Morgan fingerprint density at radius 2 is 1.29 bits per heavy atom. The van der Waals surface area contributed by atoms with Crippen LogP contribution < -0.4 is 21.7 Å². The standard InChI is InChI=1S/C18H34N4O6/c1-6-9(3)13(21-16(25)12(19)8-23)17(26)20-11(5)15(24)22-14(18(27)28)10(4)7-2/h9-14,23H,6-8,19H2,1-5H3,(H,20,26)(H,21,25)(H,22,24)(H,27,28)/t9-,10-,11-,12-,13-,14-/m0/s1. The first-order valence-corrected chi connectivity index (χ1v) is 9.50. The van der Waals surface area contributed by atoms with E-state index in [4.69, 9.17) is 10.8 Å². The number of aliphatic hydroxyl groups is 1. The maximum absolute atomic E-state index is 12.6.